The lowest BCUT2D eigenvalue weighted by Crippen LogP contribution is -2.41. The van der Waals surface area contributed by atoms with Gasteiger partial charge in [0.1, 0.15) is 5.75 Å². The molecule has 1 fully saturated rings. The second-order valence-corrected chi connectivity index (χ2v) is 5.68. The standard InChI is InChI=1S/C15H23NO3/c1-10-6-16-12(3)11(2)14(10)17-7-13-8-18-15(4,5)19-9-13/h6,13H,7-9H2,1-5H3. The topological polar surface area (TPSA) is 40.6 Å². The van der Waals surface area contributed by atoms with Gasteiger partial charge in [0.25, 0.3) is 0 Å². The van der Waals surface area contributed by atoms with E-state index < -0.39 is 5.79 Å². The second kappa shape index (κ2) is 5.47. The van der Waals surface area contributed by atoms with Crippen LogP contribution in [0.5, 0.6) is 5.75 Å². The van der Waals surface area contributed by atoms with Crippen molar-refractivity contribution in [2.45, 2.75) is 40.4 Å². The molecule has 0 bridgehead atoms. The van der Waals surface area contributed by atoms with Crippen LogP contribution in [0.3, 0.4) is 0 Å². The van der Waals surface area contributed by atoms with Gasteiger partial charge in [0, 0.05) is 28.9 Å². The summed E-state index contributed by atoms with van der Waals surface area (Å²) in [6.45, 7) is 11.9. The Labute approximate surface area is 115 Å². The number of aryl methyl sites for hydroxylation is 2. The molecular formula is C15H23NO3. The molecule has 2 heterocycles. The highest BCUT2D eigenvalue weighted by molar-refractivity contribution is 5.40. The van der Waals surface area contributed by atoms with Crippen LogP contribution in [0.2, 0.25) is 0 Å². The average Bonchev–Trinajstić information content (AvgIpc) is 2.36. The van der Waals surface area contributed by atoms with Gasteiger partial charge in [0.15, 0.2) is 5.79 Å². The van der Waals surface area contributed by atoms with Crippen molar-refractivity contribution in [3.05, 3.63) is 23.0 Å². The molecule has 0 radical (unpaired) electrons. The SMILES string of the molecule is Cc1cnc(C)c(C)c1OCC1COC(C)(C)OC1. The van der Waals surface area contributed by atoms with Gasteiger partial charge in [-0.2, -0.15) is 0 Å². The maximum Gasteiger partial charge on any atom is 0.162 e. The van der Waals surface area contributed by atoms with Crippen molar-refractivity contribution in [2.75, 3.05) is 19.8 Å². The summed E-state index contributed by atoms with van der Waals surface area (Å²) in [7, 11) is 0. The van der Waals surface area contributed by atoms with Crippen molar-refractivity contribution in [1.29, 1.82) is 0 Å². The largest absolute Gasteiger partial charge is 0.492 e. The van der Waals surface area contributed by atoms with E-state index in [-0.39, 0.29) is 5.92 Å². The molecule has 0 atom stereocenters. The van der Waals surface area contributed by atoms with Crippen molar-refractivity contribution >= 4 is 0 Å². The van der Waals surface area contributed by atoms with Crippen molar-refractivity contribution < 1.29 is 14.2 Å². The first-order valence-corrected chi connectivity index (χ1v) is 6.72. The van der Waals surface area contributed by atoms with E-state index >= 15 is 0 Å². The molecule has 1 aliphatic rings. The van der Waals surface area contributed by atoms with Crippen LogP contribution in [0.1, 0.15) is 30.7 Å². The van der Waals surface area contributed by atoms with Crippen LogP contribution >= 0.6 is 0 Å². The molecule has 0 unspecified atom stereocenters. The quantitative estimate of drug-likeness (QED) is 0.842. The van der Waals surface area contributed by atoms with Gasteiger partial charge in [-0.05, 0) is 34.6 Å². The number of aromatic nitrogens is 1. The van der Waals surface area contributed by atoms with Crippen LogP contribution in [-0.2, 0) is 9.47 Å². The van der Waals surface area contributed by atoms with E-state index in [1.54, 1.807) is 0 Å². The molecule has 4 nitrogen and oxygen atoms in total. The predicted octanol–water partition coefficient (Wildman–Crippen LogP) is 2.78. The van der Waals surface area contributed by atoms with E-state index in [1.165, 1.54) is 0 Å². The van der Waals surface area contributed by atoms with Gasteiger partial charge < -0.3 is 14.2 Å². The van der Waals surface area contributed by atoms with Crippen LogP contribution in [0, 0.1) is 26.7 Å². The summed E-state index contributed by atoms with van der Waals surface area (Å²) in [5.74, 6) is 0.757. The first kappa shape index (κ1) is 14.3. The number of nitrogens with zero attached hydrogens (tertiary/aromatic N) is 1. The van der Waals surface area contributed by atoms with E-state index in [4.69, 9.17) is 14.2 Å². The van der Waals surface area contributed by atoms with Gasteiger partial charge in [0.05, 0.1) is 19.8 Å². The lowest BCUT2D eigenvalue weighted by Gasteiger charge is -2.34. The lowest BCUT2D eigenvalue weighted by molar-refractivity contribution is -0.264. The summed E-state index contributed by atoms with van der Waals surface area (Å²) in [4.78, 5) is 4.32. The Morgan fingerprint density at radius 2 is 1.89 bits per heavy atom. The molecule has 0 saturated carbocycles. The maximum absolute atomic E-state index is 5.96. The van der Waals surface area contributed by atoms with Gasteiger partial charge in [-0.15, -0.1) is 0 Å². The summed E-state index contributed by atoms with van der Waals surface area (Å²) >= 11 is 0. The third kappa shape index (κ3) is 3.45. The fourth-order valence-corrected chi connectivity index (χ4v) is 2.06. The Hall–Kier alpha value is -1.13. The van der Waals surface area contributed by atoms with Crippen molar-refractivity contribution in [3.8, 4) is 5.75 Å². The highest BCUT2D eigenvalue weighted by Crippen LogP contribution is 2.26. The summed E-state index contributed by atoms with van der Waals surface area (Å²) in [6, 6.07) is 0. The van der Waals surface area contributed by atoms with Gasteiger partial charge in [-0.1, -0.05) is 0 Å². The highest BCUT2D eigenvalue weighted by Gasteiger charge is 2.28. The molecule has 1 saturated heterocycles. The molecular weight excluding hydrogens is 242 g/mol. The molecule has 0 spiro atoms. The minimum atomic E-state index is -0.463. The number of pyridine rings is 1. The van der Waals surface area contributed by atoms with E-state index in [2.05, 4.69) is 4.98 Å². The maximum atomic E-state index is 5.96. The van der Waals surface area contributed by atoms with Crippen LogP contribution in [0.15, 0.2) is 6.20 Å². The third-order valence-corrected chi connectivity index (χ3v) is 3.49. The van der Waals surface area contributed by atoms with Gasteiger partial charge in [0.2, 0.25) is 0 Å². The lowest BCUT2D eigenvalue weighted by atomic mass is 10.1. The molecule has 4 heteroatoms. The summed E-state index contributed by atoms with van der Waals surface area (Å²) in [5, 5.41) is 0. The van der Waals surface area contributed by atoms with E-state index in [9.17, 15) is 0 Å². The third-order valence-electron chi connectivity index (χ3n) is 3.49. The smallest absolute Gasteiger partial charge is 0.162 e. The Morgan fingerprint density at radius 3 is 2.53 bits per heavy atom. The molecule has 106 valence electrons. The zero-order chi connectivity index (χ0) is 14.0. The van der Waals surface area contributed by atoms with Gasteiger partial charge >= 0.3 is 0 Å². The Kier molecular flexibility index (Phi) is 4.11. The molecule has 0 aromatic carbocycles. The number of hydrogen-bond donors (Lipinski definition) is 0. The van der Waals surface area contributed by atoms with Crippen LogP contribution in [0.4, 0.5) is 0 Å². The van der Waals surface area contributed by atoms with Gasteiger partial charge in [-0.25, -0.2) is 0 Å². The van der Waals surface area contributed by atoms with Crippen molar-refractivity contribution in [3.63, 3.8) is 0 Å². The number of rotatable bonds is 3. The zero-order valence-electron chi connectivity index (χ0n) is 12.4. The highest BCUT2D eigenvalue weighted by atomic mass is 16.7. The summed E-state index contributed by atoms with van der Waals surface area (Å²) in [6.07, 6.45) is 1.86. The number of ether oxygens (including phenoxy) is 3. The fraction of sp³-hybridized carbons (Fsp3) is 0.667. The fourth-order valence-electron chi connectivity index (χ4n) is 2.06. The van der Waals surface area contributed by atoms with E-state index in [1.807, 2.05) is 40.8 Å². The average molecular weight is 265 g/mol. The Bertz CT molecular complexity index is 447. The predicted molar refractivity (Wildman–Crippen MR) is 73.4 cm³/mol. The van der Waals surface area contributed by atoms with E-state index in [0.29, 0.717) is 19.8 Å². The molecule has 1 aromatic heterocycles. The monoisotopic (exact) mass is 265 g/mol. The molecule has 2 rings (SSSR count). The number of hydrogen-bond acceptors (Lipinski definition) is 4. The molecule has 0 N–H and O–H groups in total. The van der Waals surface area contributed by atoms with Crippen molar-refractivity contribution in [2.24, 2.45) is 5.92 Å². The normalized spacial score (nSPS) is 19.4. The zero-order valence-corrected chi connectivity index (χ0v) is 12.4. The molecule has 19 heavy (non-hydrogen) atoms. The minimum Gasteiger partial charge on any atom is -0.492 e. The van der Waals surface area contributed by atoms with Gasteiger partial charge in [-0.3, -0.25) is 4.98 Å². The first-order chi connectivity index (χ1) is 8.89. The van der Waals surface area contributed by atoms with Crippen LogP contribution in [-0.4, -0.2) is 30.6 Å². The molecule has 0 aliphatic carbocycles. The summed E-state index contributed by atoms with van der Waals surface area (Å²) in [5.41, 5.74) is 3.19. The van der Waals surface area contributed by atoms with Crippen molar-refractivity contribution in [1.82, 2.24) is 4.98 Å². The molecule has 1 aliphatic heterocycles. The summed E-state index contributed by atoms with van der Waals surface area (Å²) < 4.78 is 17.2. The minimum absolute atomic E-state index is 0.278. The van der Waals surface area contributed by atoms with Crippen LogP contribution in [0.25, 0.3) is 0 Å². The van der Waals surface area contributed by atoms with Crippen LogP contribution < -0.4 is 4.74 Å². The first-order valence-electron chi connectivity index (χ1n) is 6.72. The molecule has 0 amide bonds. The second-order valence-electron chi connectivity index (χ2n) is 5.68. The Balaban J connectivity index is 1.95. The Morgan fingerprint density at radius 1 is 1.26 bits per heavy atom. The molecule has 1 aromatic rings. The van der Waals surface area contributed by atoms with E-state index in [0.717, 1.165) is 22.6 Å².